The molecule has 2 N–H and O–H groups in total. The zero-order valence-electron chi connectivity index (χ0n) is 17.9. The average molecular weight is 429 g/mol. The highest BCUT2D eigenvalue weighted by molar-refractivity contribution is 7.89. The van der Waals surface area contributed by atoms with Crippen LogP contribution in [0.15, 0.2) is 42.6 Å². The number of carbonyl (C=O) groups excluding carboxylic acids is 1. The first-order chi connectivity index (χ1) is 14.1. The van der Waals surface area contributed by atoms with Crippen molar-refractivity contribution in [3.63, 3.8) is 0 Å². The van der Waals surface area contributed by atoms with Crippen LogP contribution in [0.4, 0.5) is 10.5 Å². The number of benzene rings is 2. The maximum absolute atomic E-state index is 12.6. The molecule has 3 aromatic rings. The van der Waals surface area contributed by atoms with E-state index in [2.05, 4.69) is 15.1 Å². The topological polar surface area (TPSA) is 93.1 Å². The van der Waals surface area contributed by atoms with Crippen molar-refractivity contribution in [2.75, 3.05) is 5.32 Å². The molecule has 3 rings (SSSR count). The number of carbonyl (C=O) groups is 1. The number of rotatable bonds is 6. The fourth-order valence-corrected chi connectivity index (χ4v) is 4.56. The number of anilines is 1. The van der Waals surface area contributed by atoms with Crippen molar-refractivity contribution in [1.29, 1.82) is 0 Å². The first-order valence-corrected chi connectivity index (χ1v) is 11.6. The number of nitrogens with zero attached hydrogens (tertiary/aromatic N) is 2. The van der Waals surface area contributed by atoms with E-state index < -0.39 is 16.1 Å². The van der Waals surface area contributed by atoms with Gasteiger partial charge >= 0.3 is 6.03 Å². The van der Waals surface area contributed by atoms with Gasteiger partial charge in [-0.05, 0) is 40.7 Å². The number of hydrogen-bond donors (Lipinski definition) is 2. The van der Waals surface area contributed by atoms with Crippen molar-refractivity contribution in [2.45, 2.75) is 45.3 Å². The van der Waals surface area contributed by atoms with Crippen molar-refractivity contribution in [3.8, 4) is 0 Å². The molecule has 0 spiro atoms. The Balaban J connectivity index is 1.78. The zero-order valence-corrected chi connectivity index (χ0v) is 18.7. The van der Waals surface area contributed by atoms with Gasteiger partial charge < -0.3 is 5.32 Å². The van der Waals surface area contributed by atoms with Gasteiger partial charge in [0.25, 0.3) is 0 Å². The van der Waals surface area contributed by atoms with Crippen LogP contribution < -0.4 is 10.0 Å². The fourth-order valence-electron chi connectivity index (χ4n) is 3.53. The number of aromatic nitrogens is 2. The molecule has 0 bridgehead atoms. The largest absolute Gasteiger partial charge is 0.332 e. The number of hydrogen-bond acceptors (Lipinski definition) is 4. The molecule has 2 amide bonds. The Morgan fingerprint density at radius 2 is 1.70 bits per heavy atom. The van der Waals surface area contributed by atoms with E-state index in [1.807, 2.05) is 59.0 Å². The lowest BCUT2D eigenvalue weighted by atomic mass is 9.93. The van der Waals surface area contributed by atoms with Crippen LogP contribution in [0.25, 0.3) is 10.9 Å². The van der Waals surface area contributed by atoms with Gasteiger partial charge in [0, 0.05) is 18.1 Å². The van der Waals surface area contributed by atoms with Crippen molar-refractivity contribution in [1.82, 2.24) is 14.5 Å². The summed E-state index contributed by atoms with van der Waals surface area (Å²) in [6.07, 6.45) is 1.68. The van der Waals surface area contributed by atoms with Crippen LogP contribution in [0.3, 0.4) is 0 Å². The molecule has 160 valence electrons. The second-order valence-electron chi connectivity index (χ2n) is 8.10. The van der Waals surface area contributed by atoms with E-state index in [9.17, 15) is 13.2 Å². The summed E-state index contributed by atoms with van der Waals surface area (Å²) in [6.45, 7) is 8.14. The standard InChI is InChI=1S/C22H28N4O3S/c1-14(2)18-7-6-8-19(15(3)4)21(18)24-22(27)25-30(28,29)13-16-9-10-20-17(11-16)12-23-26(20)5/h6-12,14-15H,13H2,1-5H3,(H2,24,25,27). The number of aryl methyl sites for hydroxylation is 1. The first kappa shape index (κ1) is 21.8. The molecule has 0 aliphatic carbocycles. The van der Waals surface area contributed by atoms with Gasteiger partial charge in [0.2, 0.25) is 10.0 Å². The first-order valence-electron chi connectivity index (χ1n) is 9.92. The van der Waals surface area contributed by atoms with E-state index in [1.165, 1.54) is 0 Å². The van der Waals surface area contributed by atoms with E-state index in [-0.39, 0.29) is 17.6 Å². The van der Waals surface area contributed by atoms with Crippen molar-refractivity contribution in [2.24, 2.45) is 7.05 Å². The zero-order chi connectivity index (χ0) is 22.1. The van der Waals surface area contributed by atoms with Crippen molar-refractivity contribution in [3.05, 3.63) is 59.3 Å². The predicted octanol–water partition coefficient (Wildman–Crippen LogP) is 4.47. The normalized spacial score (nSPS) is 12.0. The molecule has 0 aliphatic rings. The predicted molar refractivity (Wildman–Crippen MR) is 120 cm³/mol. The third kappa shape index (κ3) is 4.81. The molecule has 30 heavy (non-hydrogen) atoms. The van der Waals surface area contributed by atoms with Crippen LogP contribution in [0.1, 0.15) is 56.2 Å². The number of urea groups is 1. The van der Waals surface area contributed by atoms with E-state index in [1.54, 1.807) is 23.0 Å². The lowest BCUT2D eigenvalue weighted by Crippen LogP contribution is -2.35. The van der Waals surface area contributed by atoms with E-state index in [0.717, 1.165) is 22.0 Å². The van der Waals surface area contributed by atoms with Crippen molar-refractivity contribution < 1.29 is 13.2 Å². The number of para-hydroxylation sites is 1. The lowest BCUT2D eigenvalue weighted by Gasteiger charge is -2.20. The molecule has 0 atom stereocenters. The molecule has 0 aliphatic heterocycles. The van der Waals surface area contributed by atoms with Gasteiger partial charge in [0.05, 0.1) is 17.5 Å². The van der Waals surface area contributed by atoms with Gasteiger partial charge in [-0.25, -0.2) is 17.9 Å². The highest BCUT2D eigenvalue weighted by Crippen LogP contribution is 2.32. The van der Waals surface area contributed by atoms with Crippen LogP contribution in [0.2, 0.25) is 0 Å². The molecular weight excluding hydrogens is 400 g/mol. The summed E-state index contributed by atoms with van der Waals surface area (Å²) < 4.78 is 29.0. The Hall–Kier alpha value is -2.87. The number of amides is 2. The van der Waals surface area contributed by atoms with Gasteiger partial charge in [0.1, 0.15) is 0 Å². The molecule has 1 heterocycles. The average Bonchev–Trinajstić information content (AvgIpc) is 3.00. The lowest BCUT2D eigenvalue weighted by molar-refractivity contribution is 0.256. The minimum absolute atomic E-state index is 0.182. The molecule has 2 aromatic carbocycles. The van der Waals surface area contributed by atoms with Gasteiger partial charge in [0.15, 0.2) is 0 Å². The molecule has 0 fully saturated rings. The minimum Gasteiger partial charge on any atom is -0.307 e. The van der Waals surface area contributed by atoms with Crippen LogP contribution in [-0.2, 0) is 22.8 Å². The molecule has 0 unspecified atom stereocenters. The Kier molecular flexibility index (Phi) is 6.17. The summed E-state index contributed by atoms with van der Waals surface area (Å²) in [6, 6.07) is 10.4. The quantitative estimate of drug-likeness (QED) is 0.606. The molecule has 0 saturated carbocycles. The van der Waals surface area contributed by atoms with Crippen molar-refractivity contribution >= 4 is 32.6 Å². The molecular formula is C22H28N4O3S. The third-order valence-corrected chi connectivity index (χ3v) is 6.24. The smallest absolute Gasteiger partial charge is 0.307 e. The van der Waals surface area contributed by atoms with Crippen LogP contribution in [-0.4, -0.2) is 24.2 Å². The minimum atomic E-state index is -3.87. The molecule has 0 radical (unpaired) electrons. The summed E-state index contributed by atoms with van der Waals surface area (Å²) in [5.74, 6) is 0.0670. The van der Waals surface area contributed by atoms with E-state index in [0.29, 0.717) is 11.3 Å². The summed E-state index contributed by atoms with van der Waals surface area (Å²) in [4.78, 5) is 12.6. The number of sulfonamides is 1. The summed E-state index contributed by atoms with van der Waals surface area (Å²) in [5, 5.41) is 7.78. The summed E-state index contributed by atoms with van der Waals surface area (Å²) in [5.41, 5.74) is 4.10. The van der Waals surface area contributed by atoms with Gasteiger partial charge in [-0.3, -0.25) is 4.68 Å². The SMILES string of the molecule is CC(C)c1cccc(C(C)C)c1NC(=O)NS(=O)(=O)Cc1ccc2c(cnn2C)c1. The molecule has 8 heteroatoms. The summed E-state index contributed by atoms with van der Waals surface area (Å²) >= 11 is 0. The number of nitrogens with one attached hydrogen (secondary N) is 2. The van der Waals surface area contributed by atoms with Crippen LogP contribution >= 0.6 is 0 Å². The maximum atomic E-state index is 12.6. The number of fused-ring (bicyclic) bond motifs is 1. The van der Waals surface area contributed by atoms with E-state index in [4.69, 9.17) is 0 Å². The maximum Gasteiger partial charge on any atom is 0.332 e. The fraction of sp³-hybridized carbons (Fsp3) is 0.364. The summed E-state index contributed by atoms with van der Waals surface area (Å²) in [7, 11) is -2.05. The third-order valence-electron chi connectivity index (χ3n) is 5.03. The monoisotopic (exact) mass is 428 g/mol. The highest BCUT2D eigenvalue weighted by atomic mass is 32.2. The Bertz CT molecular complexity index is 1150. The van der Waals surface area contributed by atoms with Gasteiger partial charge in [-0.2, -0.15) is 5.10 Å². The molecule has 1 aromatic heterocycles. The molecule has 0 saturated heterocycles. The van der Waals surface area contributed by atoms with Gasteiger partial charge in [-0.1, -0.05) is 52.0 Å². The second kappa shape index (κ2) is 8.47. The van der Waals surface area contributed by atoms with E-state index >= 15 is 0 Å². The highest BCUT2D eigenvalue weighted by Gasteiger charge is 2.20. The Morgan fingerprint density at radius 3 is 2.30 bits per heavy atom. The Labute approximate surface area is 177 Å². The Morgan fingerprint density at radius 1 is 1.07 bits per heavy atom. The molecule has 7 nitrogen and oxygen atoms in total. The van der Waals surface area contributed by atoms with Crippen LogP contribution in [0.5, 0.6) is 0 Å². The second-order valence-corrected chi connectivity index (χ2v) is 9.82. The van der Waals surface area contributed by atoms with Crippen LogP contribution in [0, 0.1) is 0 Å². The van der Waals surface area contributed by atoms with Gasteiger partial charge in [-0.15, -0.1) is 0 Å².